The van der Waals surface area contributed by atoms with Crippen LogP contribution in [0.1, 0.15) is 58.7 Å². The first-order valence-electron chi connectivity index (χ1n) is 8.16. The summed E-state index contributed by atoms with van der Waals surface area (Å²) in [6.45, 7) is 6.34. The maximum Gasteiger partial charge on any atom is 0.251 e. The number of primary amides is 1. The van der Waals surface area contributed by atoms with Gasteiger partial charge >= 0.3 is 0 Å². The van der Waals surface area contributed by atoms with E-state index >= 15 is 0 Å². The van der Waals surface area contributed by atoms with Gasteiger partial charge in [-0.25, -0.2) is 0 Å². The minimum Gasteiger partial charge on any atom is -0.366 e. The van der Waals surface area contributed by atoms with Crippen LogP contribution in [0, 0.1) is 5.92 Å². The van der Waals surface area contributed by atoms with E-state index in [1.807, 2.05) is 6.92 Å². The predicted molar refractivity (Wildman–Crippen MR) is 95.8 cm³/mol. The van der Waals surface area contributed by atoms with Gasteiger partial charge in [-0.15, -0.1) is 0 Å². The average molecular weight is 324 g/mol. The first-order valence-corrected chi connectivity index (χ1v) is 8.16. The molecule has 0 saturated heterocycles. The van der Waals surface area contributed by atoms with Crippen LogP contribution in [-0.4, -0.2) is 11.8 Å². The Hall–Kier alpha value is -2.62. The number of amides is 2. The van der Waals surface area contributed by atoms with Crippen molar-refractivity contribution in [2.75, 3.05) is 0 Å². The van der Waals surface area contributed by atoms with Gasteiger partial charge in [-0.2, -0.15) is 0 Å². The third kappa shape index (κ3) is 4.69. The Morgan fingerprint density at radius 1 is 0.917 bits per heavy atom. The van der Waals surface area contributed by atoms with Crippen LogP contribution < -0.4 is 11.1 Å². The summed E-state index contributed by atoms with van der Waals surface area (Å²) < 4.78 is 0. The Morgan fingerprint density at radius 2 is 1.46 bits per heavy atom. The van der Waals surface area contributed by atoms with Crippen molar-refractivity contribution in [1.82, 2.24) is 5.32 Å². The molecule has 0 aliphatic rings. The lowest BCUT2D eigenvalue weighted by Crippen LogP contribution is -2.26. The van der Waals surface area contributed by atoms with E-state index in [0.717, 1.165) is 12.0 Å². The Balaban J connectivity index is 2.01. The van der Waals surface area contributed by atoms with Crippen molar-refractivity contribution in [3.05, 3.63) is 70.8 Å². The van der Waals surface area contributed by atoms with Gasteiger partial charge < -0.3 is 11.1 Å². The van der Waals surface area contributed by atoms with Crippen LogP contribution in [0.15, 0.2) is 48.5 Å². The SMILES string of the molecule is CC(C)Cc1ccc(C(C)NC(=O)c2ccc(C(N)=O)cc2)cc1. The van der Waals surface area contributed by atoms with Crippen molar-refractivity contribution in [2.24, 2.45) is 11.7 Å². The van der Waals surface area contributed by atoms with Gasteiger partial charge in [-0.05, 0) is 54.7 Å². The van der Waals surface area contributed by atoms with Crippen LogP contribution in [-0.2, 0) is 6.42 Å². The number of rotatable bonds is 6. The largest absolute Gasteiger partial charge is 0.366 e. The minimum atomic E-state index is -0.503. The lowest BCUT2D eigenvalue weighted by atomic mass is 10.00. The summed E-state index contributed by atoms with van der Waals surface area (Å²) in [7, 11) is 0. The second kappa shape index (κ2) is 7.77. The molecule has 0 saturated carbocycles. The molecule has 24 heavy (non-hydrogen) atoms. The molecular formula is C20H24N2O2. The molecule has 4 nitrogen and oxygen atoms in total. The molecule has 2 amide bonds. The van der Waals surface area contributed by atoms with E-state index in [1.165, 1.54) is 5.56 Å². The molecule has 0 aliphatic heterocycles. The summed E-state index contributed by atoms with van der Waals surface area (Å²) in [4.78, 5) is 23.4. The van der Waals surface area contributed by atoms with Gasteiger partial charge in [0.05, 0.1) is 6.04 Å². The van der Waals surface area contributed by atoms with Gasteiger partial charge in [0.1, 0.15) is 0 Å². The molecule has 3 N–H and O–H groups in total. The third-order valence-electron chi connectivity index (χ3n) is 3.90. The zero-order valence-electron chi connectivity index (χ0n) is 14.4. The van der Waals surface area contributed by atoms with Crippen molar-refractivity contribution < 1.29 is 9.59 Å². The van der Waals surface area contributed by atoms with Gasteiger partial charge in [0.25, 0.3) is 5.91 Å². The zero-order valence-corrected chi connectivity index (χ0v) is 14.4. The highest BCUT2D eigenvalue weighted by Gasteiger charge is 2.12. The third-order valence-corrected chi connectivity index (χ3v) is 3.90. The summed E-state index contributed by atoms with van der Waals surface area (Å²) in [6, 6.07) is 14.6. The summed E-state index contributed by atoms with van der Waals surface area (Å²) in [5.74, 6) is -0.0575. The molecule has 1 unspecified atom stereocenters. The number of benzene rings is 2. The topological polar surface area (TPSA) is 72.2 Å². The molecule has 4 heteroatoms. The van der Waals surface area contributed by atoms with E-state index in [9.17, 15) is 9.59 Å². The molecule has 1 atom stereocenters. The fourth-order valence-corrected chi connectivity index (χ4v) is 2.56. The summed E-state index contributed by atoms with van der Waals surface area (Å²) in [5.41, 5.74) is 8.45. The normalized spacial score (nSPS) is 12.0. The van der Waals surface area contributed by atoms with Crippen LogP contribution in [0.3, 0.4) is 0 Å². The number of carbonyl (C=O) groups is 2. The molecule has 0 bridgehead atoms. The van der Waals surface area contributed by atoms with Crippen LogP contribution in [0.25, 0.3) is 0 Å². The van der Waals surface area contributed by atoms with E-state index in [-0.39, 0.29) is 11.9 Å². The number of hydrogen-bond donors (Lipinski definition) is 2. The van der Waals surface area contributed by atoms with Gasteiger partial charge in [0.15, 0.2) is 0 Å². The van der Waals surface area contributed by atoms with E-state index in [1.54, 1.807) is 24.3 Å². The van der Waals surface area contributed by atoms with Crippen molar-refractivity contribution in [1.29, 1.82) is 0 Å². The molecular weight excluding hydrogens is 300 g/mol. The monoisotopic (exact) mass is 324 g/mol. The molecule has 2 rings (SSSR count). The summed E-state index contributed by atoms with van der Waals surface area (Å²) in [6.07, 6.45) is 1.05. The quantitative estimate of drug-likeness (QED) is 0.854. The highest BCUT2D eigenvalue weighted by Crippen LogP contribution is 2.16. The molecule has 0 heterocycles. The molecule has 0 aromatic heterocycles. The number of nitrogens with two attached hydrogens (primary N) is 1. The van der Waals surface area contributed by atoms with E-state index in [2.05, 4.69) is 43.4 Å². The van der Waals surface area contributed by atoms with Crippen LogP contribution in [0.2, 0.25) is 0 Å². The number of nitrogens with one attached hydrogen (secondary N) is 1. The van der Waals surface area contributed by atoms with Crippen molar-refractivity contribution in [3.8, 4) is 0 Å². The smallest absolute Gasteiger partial charge is 0.251 e. The van der Waals surface area contributed by atoms with Crippen LogP contribution >= 0.6 is 0 Å². The average Bonchev–Trinajstić information content (AvgIpc) is 2.55. The fraction of sp³-hybridized carbons (Fsp3) is 0.300. The summed E-state index contributed by atoms with van der Waals surface area (Å²) in [5, 5.41) is 2.97. The first kappa shape index (κ1) is 17.7. The van der Waals surface area contributed by atoms with Crippen LogP contribution in [0.5, 0.6) is 0 Å². The molecule has 0 spiro atoms. The first-order chi connectivity index (χ1) is 11.4. The zero-order chi connectivity index (χ0) is 17.7. The summed E-state index contributed by atoms with van der Waals surface area (Å²) >= 11 is 0. The van der Waals surface area contributed by atoms with Gasteiger partial charge in [0, 0.05) is 11.1 Å². The highest BCUT2D eigenvalue weighted by molar-refractivity contribution is 5.97. The van der Waals surface area contributed by atoms with E-state index in [0.29, 0.717) is 17.0 Å². The van der Waals surface area contributed by atoms with Gasteiger partial charge in [-0.3, -0.25) is 9.59 Å². The Morgan fingerprint density at radius 3 is 1.96 bits per heavy atom. The maximum atomic E-state index is 12.3. The molecule has 0 fully saturated rings. The van der Waals surface area contributed by atoms with Crippen molar-refractivity contribution in [3.63, 3.8) is 0 Å². The lowest BCUT2D eigenvalue weighted by molar-refractivity contribution is 0.0937. The molecule has 126 valence electrons. The van der Waals surface area contributed by atoms with Crippen molar-refractivity contribution >= 4 is 11.8 Å². The lowest BCUT2D eigenvalue weighted by Gasteiger charge is -2.15. The molecule has 0 aliphatic carbocycles. The Kier molecular flexibility index (Phi) is 5.74. The van der Waals surface area contributed by atoms with Crippen molar-refractivity contribution in [2.45, 2.75) is 33.2 Å². The Labute approximate surface area is 143 Å². The fourth-order valence-electron chi connectivity index (χ4n) is 2.56. The van der Waals surface area contributed by atoms with Gasteiger partial charge in [0.2, 0.25) is 5.91 Å². The Bertz CT molecular complexity index is 703. The van der Waals surface area contributed by atoms with Crippen LogP contribution in [0.4, 0.5) is 0 Å². The maximum absolute atomic E-state index is 12.3. The van der Waals surface area contributed by atoms with Gasteiger partial charge in [-0.1, -0.05) is 38.1 Å². The number of carbonyl (C=O) groups excluding carboxylic acids is 2. The molecule has 2 aromatic rings. The second-order valence-corrected chi connectivity index (χ2v) is 6.48. The second-order valence-electron chi connectivity index (χ2n) is 6.48. The molecule has 2 aromatic carbocycles. The standard InChI is InChI=1S/C20H24N2O2/c1-13(2)12-15-4-6-16(7-5-15)14(3)22-20(24)18-10-8-17(9-11-18)19(21)23/h4-11,13-14H,12H2,1-3H3,(H2,21,23)(H,22,24). The number of hydrogen-bond acceptors (Lipinski definition) is 2. The molecule has 0 radical (unpaired) electrons. The predicted octanol–water partition coefficient (Wildman–Crippen LogP) is 3.48. The van der Waals surface area contributed by atoms with E-state index < -0.39 is 5.91 Å². The van der Waals surface area contributed by atoms with E-state index in [4.69, 9.17) is 5.73 Å². The minimum absolute atomic E-state index is 0.0959. The highest BCUT2D eigenvalue weighted by atomic mass is 16.2.